The zero-order valence-electron chi connectivity index (χ0n) is 14.0. The minimum atomic E-state index is -3.68. The molecule has 1 atom stereocenters. The summed E-state index contributed by atoms with van der Waals surface area (Å²) in [7, 11) is -3.68. The van der Waals surface area contributed by atoms with Crippen molar-refractivity contribution in [3.8, 4) is 11.6 Å². The van der Waals surface area contributed by atoms with E-state index in [0.717, 1.165) is 28.1 Å². The van der Waals surface area contributed by atoms with Crippen LogP contribution in [-0.4, -0.2) is 24.0 Å². The van der Waals surface area contributed by atoms with E-state index in [9.17, 15) is 8.42 Å². The standard InChI is InChI=1S/C19H18N2O3S/c1-13-8-10-16(11-9-13)21-19-18(14(2)20-21)17(12-25(22,23)24-19)15-6-4-3-5-7-15/h3-11,17H,12H2,1-2H3. The Balaban J connectivity index is 1.92. The Hall–Kier alpha value is -2.60. The van der Waals surface area contributed by atoms with Crippen molar-refractivity contribution in [2.24, 2.45) is 0 Å². The van der Waals surface area contributed by atoms with E-state index in [1.807, 2.05) is 68.4 Å². The van der Waals surface area contributed by atoms with Crippen LogP contribution < -0.4 is 4.18 Å². The molecular formula is C19H18N2O3S. The fourth-order valence-corrected chi connectivity index (χ4v) is 4.49. The first-order valence-corrected chi connectivity index (χ1v) is 9.66. The molecule has 2 aromatic carbocycles. The monoisotopic (exact) mass is 354 g/mol. The molecule has 25 heavy (non-hydrogen) atoms. The number of fused-ring (bicyclic) bond motifs is 1. The second-order valence-corrected chi connectivity index (χ2v) is 7.94. The lowest BCUT2D eigenvalue weighted by Crippen LogP contribution is -2.27. The number of benzene rings is 2. The van der Waals surface area contributed by atoms with Crippen molar-refractivity contribution in [3.63, 3.8) is 0 Å². The molecule has 1 aromatic heterocycles. The number of hydrogen-bond donors (Lipinski definition) is 0. The highest BCUT2D eigenvalue weighted by Crippen LogP contribution is 2.41. The van der Waals surface area contributed by atoms with Gasteiger partial charge in [0.05, 0.1) is 17.1 Å². The molecule has 4 rings (SSSR count). The third-order valence-electron chi connectivity index (χ3n) is 4.47. The van der Waals surface area contributed by atoms with Gasteiger partial charge in [0.2, 0.25) is 5.88 Å². The van der Waals surface area contributed by atoms with Crippen LogP contribution in [0.15, 0.2) is 54.6 Å². The molecule has 0 amide bonds. The molecule has 128 valence electrons. The second-order valence-electron chi connectivity index (χ2n) is 6.32. The van der Waals surface area contributed by atoms with E-state index >= 15 is 0 Å². The molecule has 0 bridgehead atoms. The van der Waals surface area contributed by atoms with Crippen LogP contribution >= 0.6 is 0 Å². The Kier molecular flexibility index (Phi) is 3.65. The molecule has 6 heteroatoms. The maximum absolute atomic E-state index is 12.4. The zero-order valence-corrected chi connectivity index (χ0v) is 14.8. The Morgan fingerprint density at radius 3 is 2.40 bits per heavy atom. The van der Waals surface area contributed by atoms with E-state index in [1.165, 1.54) is 0 Å². The normalized spacial score (nSPS) is 18.4. The quantitative estimate of drug-likeness (QED) is 0.662. The summed E-state index contributed by atoms with van der Waals surface area (Å²) >= 11 is 0. The maximum atomic E-state index is 12.4. The predicted octanol–water partition coefficient (Wildman–Crippen LogP) is 3.34. The fraction of sp³-hybridized carbons (Fsp3) is 0.211. The summed E-state index contributed by atoms with van der Waals surface area (Å²) in [5.74, 6) is -0.0691. The molecule has 1 aliphatic rings. The highest BCUT2D eigenvalue weighted by Gasteiger charge is 2.37. The maximum Gasteiger partial charge on any atom is 0.311 e. The van der Waals surface area contributed by atoms with Gasteiger partial charge in [0.15, 0.2) is 0 Å². The smallest absolute Gasteiger partial charge is 0.311 e. The van der Waals surface area contributed by atoms with E-state index in [1.54, 1.807) is 4.68 Å². The highest BCUT2D eigenvalue weighted by atomic mass is 32.2. The first-order valence-electron chi connectivity index (χ1n) is 8.08. The minimum absolute atomic E-state index is 0.0789. The van der Waals surface area contributed by atoms with Crippen LogP contribution in [0.2, 0.25) is 0 Å². The van der Waals surface area contributed by atoms with Crippen LogP contribution in [0.3, 0.4) is 0 Å². The van der Waals surface area contributed by atoms with Crippen LogP contribution in [0.1, 0.15) is 28.3 Å². The first kappa shape index (κ1) is 15.9. The van der Waals surface area contributed by atoms with Crippen molar-refractivity contribution >= 4 is 10.1 Å². The Bertz CT molecular complexity index is 1020. The van der Waals surface area contributed by atoms with E-state index in [0.29, 0.717) is 5.88 Å². The fourth-order valence-electron chi connectivity index (χ4n) is 3.25. The molecule has 0 radical (unpaired) electrons. The lowest BCUT2D eigenvalue weighted by atomic mass is 9.93. The molecule has 0 spiro atoms. The number of aryl methyl sites for hydroxylation is 2. The summed E-state index contributed by atoms with van der Waals surface area (Å²) in [5, 5.41) is 4.56. The van der Waals surface area contributed by atoms with Crippen molar-refractivity contribution in [3.05, 3.63) is 77.0 Å². The van der Waals surface area contributed by atoms with E-state index in [2.05, 4.69) is 5.10 Å². The van der Waals surface area contributed by atoms with Gasteiger partial charge in [-0.1, -0.05) is 48.0 Å². The van der Waals surface area contributed by atoms with E-state index in [4.69, 9.17) is 4.18 Å². The van der Waals surface area contributed by atoms with E-state index < -0.39 is 10.1 Å². The first-order chi connectivity index (χ1) is 11.9. The van der Waals surface area contributed by atoms with Gasteiger partial charge in [0, 0.05) is 11.5 Å². The van der Waals surface area contributed by atoms with Crippen molar-refractivity contribution in [1.82, 2.24) is 9.78 Å². The molecule has 0 fully saturated rings. The molecule has 2 heterocycles. The molecule has 0 saturated heterocycles. The van der Waals surface area contributed by atoms with Crippen LogP contribution in [-0.2, 0) is 10.1 Å². The molecule has 1 unspecified atom stereocenters. The van der Waals surface area contributed by atoms with Gasteiger partial charge in [0.25, 0.3) is 0 Å². The number of aromatic nitrogens is 2. The van der Waals surface area contributed by atoms with Crippen molar-refractivity contribution in [2.75, 3.05) is 5.75 Å². The van der Waals surface area contributed by atoms with Gasteiger partial charge < -0.3 is 4.18 Å². The Morgan fingerprint density at radius 2 is 1.72 bits per heavy atom. The van der Waals surface area contributed by atoms with Crippen LogP contribution in [0.25, 0.3) is 5.69 Å². The van der Waals surface area contributed by atoms with Crippen LogP contribution in [0.5, 0.6) is 5.88 Å². The number of hydrogen-bond acceptors (Lipinski definition) is 4. The molecule has 5 nitrogen and oxygen atoms in total. The summed E-state index contributed by atoms with van der Waals surface area (Å²) < 4.78 is 31.7. The summed E-state index contributed by atoms with van der Waals surface area (Å²) in [6, 6.07) is 17.4. The second kappa shape index (κ2) is 5.74. The third-order valence-corrected chi connectivity index (χ3v) is 5.62. The number of nitrogens with zero attached hydrogens (tertiary/aromatic N) is 2. The van der Waals surface area contributed by atoms with Gasteiger partial charge in [-0.25, -0.2) is 0 Å². The lowest BCUT2D eigenvalue weighted by molar-refractivity contribution is 0.446. The third kappa shape index (κ3) is 2.82. The van der Waals surface area contributed by atoms with Gasteiger partial charge in [-0.3, -0.25) is 0 Å². The molecule has 1 aliphatic heterocycles. The van der Waals surface area contributed by atoms with E-state index in [-0.39, 0.29) is 11.7 Å². The summed E-state index contributed by atoms with van der Waals surface area (Å²) in [4.78, 5) is 0. The topological polar surface area (TPSA) is 61.2 Å². The molecule has 3 aromatic rings. The van der Waals surface area contributed by atoms with Crippen LogP contribution in [0, 0.1) is 13.8 Å². The van der Waals surface area contributed by atoms with Gasteiger partial charge in [-0.2, -0.15) is 18.2 Å². The average molecular weight is 354 g/mol. The lowest BCUT2D eigenvalue weighted by Gasteiger charge is -2.24. The minimum Gasteiger partial charge on any atom is -0.361 e. The Morgan fingerprint density at radius 1 is 1.04 bits per heavy atom. The van der Waals surface area contributed by atoms with Gasteiger partial charge in [0.1, 0.15) is 0 Å². The Labute approximate surface area is 147 Å². The predicted molar refractivity (Wildman–Crippen MR) is 95.7 cm³/mol. The SMILES string of the molecule is Cc1ccc(-n2nc(C)c3c2OS(=O)(=O)CC3c2ccccc2)cc1. The average Bonchev–Trinajstić information content (AvgIpc) is 2.91. The van der Waals surface area contributed by atoms with Gasteiger partial charge in [-0.15, -0.1) is 0 Å². The molecule has 0 saturated carbocycles. The summed E-state index contributed by atoms with van der Waals surface area (Å²) in [6.07, 6.45) is 0. The molecular weight excluding hydrogens is 336 g/mol. The van der Waals surface area contributed by atoms with Gasteiger partial charge >= 0.3 is 10.1 Å². The summed E-state index contributed by atoms with van der Waals surface area (Å²) in [6.45, 7) is 3.89. The summed E-state index contributed by atoms with van der Waals surface area (Å²) in [5.41, 5.74) is 4.46. The van der Waals surface area contributed by atoms with Crippen molar-refractivity contribution in [2.45, 2.75) is 19.8 Å². The number of rotatable bonds is 2. The highest BCUT2D eigenvalue weighted by molar-refractivity contribution is 7.87. The molecule has 0 N–H and O–H groups in total. The van der Waals surface area contributed by atoms with Crippen LogP contribution in [0.4, 0.5) is 0 Å². The largest absolute Gasteiger partial charge is 0.361 e. The van der Waals surface area contributed by atoms with Crippen molar-refractivity contribution < 1.29 is 12.6 Å². The van der Waals surface area contributed by atoms with Gasteiger partial charge in [-0.05, 0) is 31.5 Å². The molecule has 0 aliphatic carbocycles. The zero-order chi connectivity index (χ0) is 17.6. The van der Waals surface area contributed by atoms with Crippen molar-refractivity contribution in [1.29, 1.82) is 0 Å².